The van der Waals surface area contributed by atoms with Crippen LogP contribution in [0, 0.1) is 20.8 Å². The predicted octanol–water partition coefficient (Wildman–Crippen LogP) is 6.82. The van der Waals surface area contributed by atoms with Gasteiger partial charge in [0.25, 0.3) is 0 Å². The lowest BCUT2D eigenvalue weighted by molar-refractivity contribution is 0.102. The second-order valence-corrected chi connectivity index (χ2v) is 9.29. The molecule has 0 amide bonds. The van der Waals surface area contributed by atoms with E-state index in [0.29, 0.717) is 5.75 Å². The van der Waals surface area contributed by atoms with Crippen LogP contribution in [0.25, 0.3) is 21.3 Å². The lowest BCUT2D eigenvalue weighted by Gasteiger charge is -2.08. The molecule has 4 rings (SSSR count). The summed E-state index contributed by atoms with van der Waals surface area (Å²) in [4.78, 5) is 23.1. The summed E-state index contributed by atoms with van der Waals surface area (Å²) in [7, 11) is 0. The smallest absolute Gasteiger partial charge is 0.173 e. The summed E-state index contributed by atoms with van der Waals surface area (Å²) in [6.45, 7) is 8.17. The molecule has 0 fully saturated rings. The Balaban J connectivity index is 1.66. The molecule has 0 bridgehead atoms. The Bertz CT molecular complexity index is 1230. The van der Waals surface area contributed by atoms with Crippen molar-refractivity contribution in [2.75, 3.05) is 5.75 Å². The van der Waals surface area contributed by atoms with Crippen molar-refractivity contribution in [3.05, 3.63) is 75.9 Å². The van der Waals surface area contributed by atoms with Crippen molar-refractivity contribution in [1.82, 2.24) is 9.97 Å². The van der Waals surface area contributed by atoms with Crippen LogP contribution in [-0.2, 0) is 6.42 Å². The zero-order valence-corrected chi connectivity index (χ0v) is 19.3. The molecule has 0 atom stereocenters. The first-order chi connectivity index (χ1) is 14.5. The van der Waals surface area contributed by atoms with Crippen molar-refractivity contribution >= 4 is 39.1 Å². The fraction of sp³-hybridized carbons (Fsp3) is 0.240. The molecule has 0 spiro atoms. The minimum absolute atomic E-state index is 0.122. The van der Waals surface area contributed by atoms with E-state index in [1.54, 1.807) is 11.3 Å². The van der Waals surface area contributed by atoms with Gasteiger partial charge in [-0.15, -0.1) is 11.3 Å². The van der Waals surface area contributed by atoms with Crippen LogP contribution in [0.2, 0.25) is 0 Å². The highest BCUT2D eigenvalue weighted by Gasteiger charge is 2.17. The first kappa shape index (κ1) is 20.8. The summed E-state index contributed by atoms with van der Waals surface area (Å²) in [5.41, 5.74) is 6.71. The summed E-state index contributed by atoms with van der Waals surface area (Å²) in [6, 6.07) is 14.6. The number of hydrogen-bond donors (Lipinski definition) is 0. The van der Waals surface area contributed by atoms with Crippen LogP contribution >= 0.6 is 23.1 Å². The van der Waals surface area contributed by atoms with Crippen LogP contribution < -0.4 is 0 Å². The molecule has 152 valence electrons. The number of carbonyl (C=O) groups excluding carboxylic acids is 1. The lowest BCUT2D eigenvalue weighted by atomic mass is 10.0. The highest BCUT2D eigenvalue weighted by Crippen LogP contribution is 2.38. The number of aryl methyl sites for hydroxylation is 4. The highest BCUT2D eigenvalue weighted by atomic mass is 32.2. The van der Waals surface area contributed by atoms with E-state index in [9.17, 15) is 4.79 Å². The van der Waals surface area contributed by atoms with Crippen molar-refractivity contribution < 1.29 is 4.79 Å². The Kier molecular flexibility index (Phi) is 6.02. The van der Waals surface area contributed by atoms with Gasteiger partial charge in [-0.2, -0.15) is 0 Å². The molecule has 4 aromatic rings. The van der Waals surface area contributed by atoms with Gasteiger partial charge >= 0.3 is 0 Å². The number of thioether (sulfide) groups is 1. The van der Waals surface area contributed by atoms with Gasteiger partial charge in [-0.05, 0) is 55.5 Å². The summed E-state index contributed by atoms with van der Waals surface area (Å²) in [5.74, 6) is 1.22. The second-order valence-electron chi connectivity index (χ2n) is 7.47. The minimum Gasteiger partial charge on any atom is -0.293 e. The molecule has 0 N–H and O–H groups in total. The van der Waals surface area contributed by atoms with E-state index < -0.39 is 0 Å². The summed E-state index contributed by atoms with van der Waals surface area (Å²) < 4.78 is 0. The Hall–Kier alpha value is -2.50. The number of hydrogen-bond acceptors (Lipinski definition) is 5. The molecule has 0 aliphatic rings. The predicted molar refractivity (Wildman–Crippen MR) is 128 cm³/mol. The molecule has 0 saturated heterocycles. The van der Waals surface area contributed by atoms with Gasteiger partial charge in [-0.3, -0.25) is 4.79 Å². The Labute approximate surface area is 185 Å². The number of carbonyl (C=O) groups is 1. The van der Waals surface area contributed by atoms with Gasteiger partial charge in [0.15, 0.2) is 5.78 Å². The number of fused-ring (bicyclic) bond motifs is 1. The fourth-order valence-corrected chi connectivity index (χ4v) is 5.42. The van der Waals surface area contributed by atoms with E-state index in [4.69, 9.17) is 4.98 Å². The van der Waals surface area contributed by atoms with Crippen LogP contribution in [0.15, 0.2) is 52.9 Å². The van der Waals surface area contributed by atoms with Crippen LogP contribution in [-0.4, -0.2) is 21.5 Å². The quantitative estimate of drug-likeness (QED) is 0.190. The normalized spacial score (nSPS) is 11.2. The molecule has 0 saturated carbocycles. The SMILES string of the molecule is CCc1ccc(-c2csc3nc(C)nc(SCC(=O)c4ccc(C)c(C)c4)c23)cc1. The van der Waals surface area contributed by atoms with E-state index in [1.807, 2.05) is 32.0 Å². The van der Waals surface area contributed by atoms with Gasteiger partial charge in [-0.25, -0.2) is 9.97 Å². The zero-order chi connectivity index (χ0) is 21.3. The third kappa shape index (κ3) is 4.18. The number of aromatic nitrogens is 2. The second kappa shape index (κ2) is 8.70. The van der Waals surface area contributed by atoms with Crippen molar-refractivity contribution in [3.8, 4) is 11.1 Å². The number of Topliss-reactive ketones (excluding diaryl/α,β-unsaturated/α-hetero) is 1. The lowest BCUT2D eigenvalue weighted by Crippen LogP contribution is -2.04. The minimum atomic E-state index is 0.122. The number of benzene rings is 2. The first-order valence-electron chi connectivity index (χ1n) is 10.0. The average molecular weight is 433 g/mol. The van der Waals surface area contributed by atoms with E-state index in [1.165, 1.54) is 22.9 Å². The van der Waals surface area contributed by atoms with Crippen molar-refractivity contribution in [2.24, 2.45) is 0 Å². The number of thiophene rings is 1. The van der Waals surface area contributed by atoms with Crippen molar-refractivity contribution in [1.29, 1.82) is 0 Å². The molecule has 3 nitrogen and oxygen atoms in total. The first-order valence-corrected chi connectivity index (χ1v) is 11.9. The molecule has 2 heterocycles. The van der Waals surface area contributed by atoms with Crippen molar-refractivity contribution in [2.45, 2.75) is 39.1 Å². The summed E-state index contributed by atoms with van der Waals surface area (Å²) >= 11 is 3.14. The maximum absolute atomic E-state index is 12.8. The Morgan fingerprint density at radius 2 is 1.77 bits per heavy atom. The van der Waals surface area contributed by atoms with E-state index >= 15 is 0 Å². The maximum atomic E-state index is 12.8. The third-order valence-electron chi connectivity index (χ3n) is 5.35. The molecule has 0 aliphatic heterocycles. The zero-order valence-electron chi connectivity index (χ0n) is 17.7. The number of nitrogens with zero attached hydrogens (tertiary/aromatic N) is 2. The monoisotopic (exact) mass is 432 g/mol. The molecule has 0 radical (unpaired) electrons. The molecular weight excluding hydrogens is 408 g/mol. The highest BCUT2D eigenvalue weighted by molar-refractivity contribution is 8.00. The van der Waals surface area contributed by atoms with Crippen LogP contribution in [0.3, 0.4) is 0 Å². The third-order valence-corrected chi connectivity index (χ3v) is 7.20. The Morgan fingerprint density at radius 1 is 1.00 bits per heavy atom. The average Bonchev–Trinajstić information content (AvgIpc) is 3.17. The molecule has 2 aromatic carbocycles. The Morgan fingerprint density at radius 3 is 2.47 bits per heavy atom. The summed E-state index contributed by atoms with van der Waals surface area (Å²) in [5, 5.41) is 4.08. The molecule has 5 heteroatoms. The van der Waals surface area contributed by atoms with Gasteiger partial charge in [-0.1, -0.05) is 55.1 Å². The fourth-order valence-electron chi connectivity index (χ4n) is 3.38. The van der Waals surface area contributed by atoms with Crippen molar-refractivity contribution in [3.63, 3.8) is 0 Å². The van der Waals surface area contributed by atoms with E-state index in [2.05, 4.69) is 48.5 Å². The molecule has 30 heavy (non-hydrogen) atoms. The topological polar surface area (TPSA) is 42.9 Å². The van der Waals surface area contributed by atoms with Crippen LogP contribution in [0.5, 0.6) is 0 Å². The number of ketones is 1. The molecule has 0 unspecified atom stereocenters. The van der Waals surface area contributed by atoms with Gasteiger partial charge in [0, 0.05) is 16.5 Å². The molecule has 2 aromatic heterocycles. The molecule has 0 aliphatic carbocycles. The van der Waals surface area contributed by atoms with Crippen LogP contribution in [0.1, 0.15) is 39.8 Å². The van der Waals surface area contributed by atoms with Gasteiger partial charge in [0.1, 0.15) is 15.7 Å². The number of rotatable bonds is 6. The van der Waals surface area contributed by atoms with Crippen LogP contribution in [0.4, 0.5) is 0 Å². The van der Waals surface area contributed by atoms with E-state index in [0.717, 1.165) is 49.7 Å². The molecular formula is C25H24N2OS2. The van der Waals surface area contributed by atoms with E-state index in [-0.39, 0.29) is 5.78 Å². The van der Waals surface area contributed by atoms with Gasteiger partial charge in [0.05, 0.1) is 11.1 Å². The van der Waals surface area contributed by atoms with Gasteiger partial charge < -0.3 is 0 Å². The maximum Gasteiger partial charge on any atom is 0.173 e. The summed E-state index contributed by atoms with van der Waals surface area (Å²) in [6.07, 6.45) is 1.02. The largest absolute Gasteiger partial charge is 0.293 e. The standard InChI is InChI=1S/C25H24N2OS2/c1-5-18-7-10-19(11-8-18)21-13-29-24-23(21)25(27-17(4)26-24)30-14-22(28)20-9-6-15(2)16(3)12-20/h6-13H,5,14H2,1-4H3. The van der Waals surface area contributed by atoms with Gasteiger partial charge in [0.2, 0.25) is 0 Å².